The van der Waals surface area contributed by atoms with Gasteiger partial charge < -0.3 is 4.42 Å². The summed E-state index contributed by atoms with van der Waals surface area (Å²) in [5.41, 5.74) is 6.53. The second kappa shape index (κ2) is 7.82. The zero-order valence-corrected chi connectivity index (χ0v) is 22.2. The first-order valence-corrected chi connectivity index (χ1v) is 13.9. The molecule has 0 saturated carbocycles. The summed E-state index contributed by atoms with van der Waals surface area (Å²) in [6.45, 7) is 13.9. The van der Waals surface area contributed by atoms with Crippen molar-refractivity contribution in [2.45, 2.75) is 69.4 Å². The average Bonchev–Trinajstić information content (AvgIpc) is 3.47. The van der Waals surface area contributed by atoms with Crippen molar-refractivity contribution in [3.8, 4) is 11.3 Å². The third-order valence-electron chi connectivity index (χ3n) is 7.07. The van der Waals surface area contributed by atoms with Gasteiger partial charge in [-0.05, 0) is 69.8 Å². The van der Waals surface area contributed by atoms with Crippen LogP contribution in [0.25, 0.3) is 43.4 Å². The van der Waals surface area contributed by atoms with Gasteiger partial charge in [-0.3, -0.25) is 0 Å². The van der Waals surface area contributed by atoms with E-state index in [4.69, 9.17) is 9.40 Å². The second-order valence-corrected chi connectivity index (χ2v) is 13.2. The Bertz CT molecular complexity index is 1550. The molecule has 174 valence electrons. The minimum Gasteiger partial charge on any atom is -0.438 e. The Hall–Kier alpha value is -2.37. The first-order valence-electron chi connectivity index (χ1n) is 12.1. The van der Waals surface area contributed by atoms with Gasteiger partial charge in [-0.15, -0.1) is 23.1 Å². The molecular formula is C29H30N2OS2. The molecule has 3 nitrogen and oxygen atoms in total. The molecule has 0 radical (unpaired) electrons. The smallest absolute Gasteiger partial charge is 0.231 e. The summed E-state index contributed by atoms with van der Waals surface area (Å²) in [6, 6.07) is 11.2. The van der Waals surface area contributed by atoms with Crippen LogP contribution in [0.2, 0.25) is 0 Å². The Balaban J connectivity index is 1.63. The van der Waals surface area contributed by atoms with E-state index in [2.05, 4.69) is 82.2 Å². The van der Waals surface area contributed by atoms with E-state index < -0.39 is 0 Å². The Kier molecular flexibility index (Phi) is 5.09. The van der Waals surface area contributed by atoms with Crippen molar-refractivity contribution in [1.29, 1.82) is 0 Å². The normalized spacial score (nSPS) is 18.6. The monoisotopic (exact) mass is 486 g/mol. The molecule has 0 spiro atoms. The number of fused-ring (bicyclic) bond motifs is 6. The van der Waals surface area contributed by atoms with Gasteiger partial charge in [0.2, 0.25) is 5.71 Å². The maximum Gasteiger partial charge on any atom is 0.231 e. The third kappa shape index (κ3) is 3.39. The topological polar surface area (TPSA) is 38.9 Å². The Labute approximate surface area is 209 Å². The van der Waals surface area contributed by atoms with Crippen molar-refractivity contribution in [3.05, 3.63) is 53.2 Å². The highest BCUT2D eigenvalue weighted by Crippen LogP contribution is 2.53. The molecule has 1 aliphatic heterocycles. The molecule has 5 aromatic rings. The van der Waals surface area contributed by atoms with Gasteiger partial charge in [0.05, 0.1) is 11.1 Å². The summed E-state index contributed by atoms with van der Waals surface area (Å²) in [4.78, 5) is 10.8. The molecule has 2 aromatic carbocycles. The lowest BCUT2D eigenvalue weighted by Crippen LogP contribution is -2.11. The number of hydrogen-bond donors (Lipinski definition) is 0. The van der Waals surface area contributed by atoms with E-state index in [-0.39, 0.29) is 5.41 Å². The quantitative estimate of drug-likeness (QED) is 0.255. The van der Waals surface area contributed by atoms with Crippen LogP contribution in [-0.4, -0.2) is 15.2 Å². The molecule has 5 heteroatoms. The highest BCUT2D eigenvalue weighted by atomic mass is 32.2. The van der Waals surface area contributed by atoms with E-state index in [1.165, 1.54) is 37.9 Å². The summed E-state index contributed by atoms with van der Waals surface area (Å²) >= 11 is 3.84. The van der Waals surface area contributed by atoms with E-state index >= 15 is 0 Å². The molecule has 4 heterocycles. The molecule has 2 atom stereocenters. The Morgan fingerprint density at radius 3 is 2.65 bits per heavy atom. The number of thioether (sulfide) groups is 1. The summed E-state index contributed by atoms with van der Waals surface area (Å²) in [5.74, 6) is 1.21. The van der Waals surface area contributed by atoms with Crippen LogP contribution >= 0.6 is 23.1 Å². The first kappa shape index (κ1) is 22.1. The van der Waals surface area contributed by atoms with Crippen molar-refractivity contribution in [3.63, 3.8) is 0 Å². The predicted octanol–water partition coefficient (Wildman–Crippen LogP) is 9.18. The fourth-order valence-corrected chi connectivity index (χ4v) is 8.28. The van der Waals surface area contributed by atoms with Crippen molar-refractivity contribution in [2.75, 3.05) is 0 Å². The van der Waals surface area contributed by atoms with Crippen LogP contribution in [0.5, 0.6) is 0 Å². The van der Waals surface area contributed by atoms with Crippen molar-refractivity contribution in [1.82, 2.24) is 9.97 Å². The number of rotatable bonds is 3. The highest BCUT2D eigenvalue weighted by molar-refractivity contribution is 8.00. The Morgan fingerprint density at radius 2 is 1.88 bits per heavy atom. The van der Waals surface area contributed by atoms with E-state index in [1.54, 1.807) is 6.33 Å². The SMILES string of the molecule is CC(C)CC1Sc2c(ccc3oc4ncnc(-c5cc(C(C)(C)C)c6sccc6c5)c4c23)C1C. The van der Waals surface area contributed by atoms with Crippen LogP contribution in [0.3, 0.4) is 0 Å². The molecule has 2 unspecified atom stereocenters. The van der Waals surface area contributed by atoms with Crippen molar-refractivity contribution in [2.24, 2.45) is 5.92 Å². The van der Waals surface area contributed by atoms with Crippen molar-refractivity contribution >= 4 is 55.3 Å². The summed E-state index contributed by atoms with van der Waals surface area (Å²) in [6.07, 6.45) is 2.86. The van der Waals surface area contributed by atoms with Gasteiger partial charge >= 0.3 is 0 Å². The number of hydrogen-bond acceptors (Lipinski definition) is 5. The number of benzene rings is 2. The van der Waals surface area contributed by atoms with Crippen LogP contribution in [0.1, 0.15) is 65.0 Å². The molecule has 0 amide bonds. The molecule has 0 fully saturated rings. The molecule has 0 saturated heterocycles. The zero-order valence-electron chi connectivity index (χ0n) is 20.6. The number of nitrogens with zero attached hydrogens (tertiary/aromatic N) is 2. The maximum absolute atomic E-state index is 6.30. The lowest BCUT2D eigenvalue weighted by Gasteiger charge is -2.21. The van der Waals surface area contributed by atoms with E-state index in [0.29, 0.717) is 22.8 Å². The van der Waals surface area contributed by atoms with Gasteiger partial charge in [-0.1, -0.05) is 47.6 Å². The molecule has 34 heavy (non-hydrogen) atoms. The predicted molar refractivity (Wildman–Crippen MR) is 146 cm³/mol. The van der Waals surface area contributed by atoms with Gasteiger partial charge in [0.1, 0.15) is 11.9 Å². The van der Waals surface area contributed by atoms with Crippen molar-refractivity contribution < 1.29 is 4.42 Å². The molecule has 0 N–H and O–H groups in total. The van der Waals surface area contributed by atoms with Crippen LogP contribution < -0.4 is 0 Å². The number of furan rings is 1. The molecular weight excluding hydrogens is 456 g/mol. The first-order chi connectivity index (χ1) is 16.2. The third-order valence-corrected chi connectivity index (χ3v) is 9.62. The van der Waals surface area contributed by atoms with Gasteiger partial charge in [0.25, 0.3) is 0 Å². The molecule has 0 bridgehead atoms. The van der Waals surface area contributed by atoms with Gasteiger partial charge in [0, 0.05) is 25.8 Å². The van der Waals surface area contributed by atoms with Gasteiger partial charge in [0.15, 0.2) is 0 Å². The van der Waals surface area contributed by atoms with Gasteiger partial charge in [-0.2, -0.15) is 0 Å². The van der Waals surface area contributed by atoms with Crippen LogP contribution in [-0.2, 0) is 5.41 Å². The lowest BCUT2D eigenvalue weighted by atomic mass is 9.85. The van der Waals surface area contributed by atoms with E-state index in [1.807, 2.05) is 23.1 Å². The molecule has 6 rings (SSSR count). The summed E-state index contributed by atoms with van der Waals surface area (Å²) in [7, 11) is 0. The van der Waals surface area contributed by atoms with E-state index in [0.717, 1.165) is 22.2 Å². The minimum atomic E-state index is 0.0420. The Morgan fingerprint density at radius 1 is 1.06 bits per heavy atom. The molecule has 1 aliphatic rings. The molecule has 3 aromatic heterocycles. The van der Waals surface area contributed by atoms with Gasteiger partial charge in [-0.25, -0.2) is 9.97 Å². The minimum absolute atomic E-state index is 0.0420. The number of thiophene rings is 1. The lowest BCUT2D eigenvalue weighted by molar-refractivity contribution is 0.535. The van der Waals surface area contributed by atoms with Crippen LogP contribution in [0, 0.1) is 5.92 Å². The highest BCUT2D eigenvalue weighted by Gasteiger charge is 2.34. The van der Waals surface area contributed by atoms with Crippen LogP contribution in [0.15, 0.2) is 51.4 Å². The maximum atomic E-state index is 6.30. The largest absolute Gasteiger partial charge is 0.438 e. The fourth-order valence-electron chi connectivity index (χ4n) is 5.33. The number of aromatic nitrogens is 2. The zero-order chi connectivity index (χ0) is 23.8. The summed E-state index contributed by atoms with van der Waals surface area (Å²) < 4.78 is 7.66. The average molecular weight is 487 g/mol. The molecule has 0 aliphatic carbocycles. The van der Waals surface area contributed by atoms with Crippen LogP contribution in [0.4, 0.5) is 0 Å². The fraction of sp³-hybridized carbons (Fsp3) is 0.379. The van der Waals surface area contributed by atoms with E-state index in [9.17, 15) is 0 Å². The standard InChI is InChI=1S/C29H30N2OS2/c1-15(2)11-22-16(3)19-7-8-21-23(27(19)34-22)24-25(30-14-31-28(24)32-21)18-12-17-9-10-33-26(17)20(13-18)29(4,5)6/h7-10,12-16,22H,11H2,1-6H3. The second-order valence-electron chi connectivity index (χ2n) is 11.0. The summed E-state index contributed by atoms with van der Waals surface area (Å²) in [5, 5.41) is 6.29.